The second-order valence-electron chi connectivity index (χ2n) is 4.20. The summed E-state index contributed by atoms with van der Waals surface area (Å²) in [6.45, 7) is 2.52. The lowest BCUT2D eigenvalue weighted by molar-refractivity contribution is -0.141. The molecular weight excluding hydrogens is 283 g/mol. The summed E-state index contributed by atoms with van der Waals surface area (Å²) in [4.78, 5) is 11.4. The third kappa shape index (κ3) is 4.30. The Morgan fingerprint density at radius 1 is 1.19 bits per heavy atom. The predicted molar refractivity (Wildman–Crippen MR) is 72.8 cm³/mol. The number of anilines is 2. The van der Waals surface area contributed by atoms with Crippen molar-refractivity contribution in [3.8, 4) is 0 Å². The van der Waals surface area contributed by atoms with Crippen LogP contribution in [-0.4, -0.2) is 21.5 Å². The van der Waals surface area contributed by atoms with E-state index in [-0.39, 0.29) is 11.8 Å². The van der Waals surface area contributed by atoms with Gasteiger partial charge in [0.2, 0.25) is 5.95 Å². The highest BCUT2D eigenvalue weighted by molar-refractivity contribution is 5.43. The monoisotopic (exact) mass is 297 g/mol. The molecule has 0 radical (unpaired) electrons. The molecule has 0 saturated heterocycles. The van der Waals surface area contributed by atoms with Crippen molar-refractivity contribution in [2.75, 3.05) is 17.2 Å². The Morgan fingerprint density at radius 2 is 2.00 bits per heavy atom. The lowest BCUT2D eigenvalue weighted by Gasteiger charge is -2.12. The van der Waals surface area contributed by atoms with E-state index in [4.69, 9.17) is 0 Å². The van der Waals surface area contributed by atoms with Gasteiger partial charge < -0.3 is 10.6 Å². The average molecular weight is 297 g/mol. The summed E-state index contributed by atoms with van der Waals surface area (Å²) in [5, 5.41) is 5.53. The van der Waals surface area contributed by atoms with Crippen molar-refractivity contribution in [1.29, 1.82) is 0 Å². The zero-order chi connectivity index (χ0) is 15.3. The largest absolute Gasteiger partial charge is 0.433 e. The molecule has 0 atom stereocenters. The van der Waals surface area contributed by atoms with Gasteiger partial charge in [-0.1, -0.05) is 6.07 Å². The van der Waals surface area contributed by atoms with Gasteiger partial charge in [0.25, 0.3) is 0 Å². The lowest BCUT2D eigenvalue weighted by Crippen LogP contribution is -2.14. The van der Waals surface area contributed by atoms with Gasteiger partial charge in [-0.2, -0.15) is 18.2 Å². The first kappa shape index (κ1) is 15.0. The van der Waals surface area contributed by atoms with Crippen molar-refractivity contribution in [2.45, 2.75) is 19.6 Å². The molecule has 2 aromatic heterocycles. The van der Waals surface area contributed by atoms with Crippen LogP contribution in [0.4, 0.5) is 24.9 Å². The Labute approximate surface area is 119 Å². The number of nitrogens with one attached hydrogen (secondary N) is 2. The minimum Gasteiger partial charge on any atom is -0.366 e. The fourth-order valence-corrected chi connectivity index (χ4v) is 1.62. The van der Waals surface area contributed by atoms with Crippen LogP contribution in [0.3, 0.4) is 0 Å². The molecule has 2 rings (SSSR count). The van der Waals surface area contributed by atoms with E-state index >= 15 is 0 Å². The van der Waals surface area contributed by atoms with E-state index in [1.807, 2.05) is 6.07 Å². The number of rotatable bonds is 5. The van der Waals surface area contributed by atoms with E-state index in [0.717, 1.165) is 11.6 Å². The molecule has 21 heavy (non-hydrogen) atoms. The predicted octanol–water partition coefficient (Wildman–Crippen LogP) is 2.93. The highest BCUT2D eigenvalue weighted by atomic mass is 19.4. The minimum atomic E-state index is -4.52. The maximum atomic E-state index is 12.8. The second kappa shape index (κ2) is 6.38. The lowest BCUT2D eigenvalue weighted by atomic mass is 10.3. The summed E-state index contributed by atoms with van der Waals surface area (Å²) in [7, 11) is 0. The standard InChI is InChI=1S/C13H14F3N5/c1-2-18-12-20-10(13(14,15)16)6-11(21-12)19-8-9-4-3-5-17-7-9/h3-7H,2,8H2,1H3,(H2,18,19,20,21). The Balaban J connectivity index is 2.19. The number of hydrogen-bond acceptors (Lipinski definition) is 5. The van der Waals surface area contributed by atoms with Crippen LogP contribution in [0.2, 0.25) is 0 Å². The SMILES string of the molecule is CCNc1nc(NCc2cccnc2)cc(C(F)(F)F)n1. The van der Waals surface area contributed by atoms with Gasteiger partial charge in [0, 0.05) is 31.5 Å². The maximum absolute atomic E-state index is 12.8. The van der Waals surface area contributed by atoms with E-state index in [0.29, 0.717) is 13.1 Å². The van der Waals surface area contributed by atoms with Crippen LogP contribution >= 0.6 is 0 Å². The van der Waals surface area contributed by atoms with Crippen LogP contribution in [-0.2, 0) is 12.7 Å². The molecule has 112 valence electrons. The number of nitrogens with zero attached hydrogens (tertiary/aromatic N) is 3. The van der Waals surface area contributed by atoms with Gasteiger partial charge in [-0.25, -0.2) is 4.98 Å². The zero-order valence-corrected chi connectivity index (χ0v) is 11.3. The van der Waals surface area contributed by atoms with Gasteiger partial charge in [-0.05, 0) is 18.6 Å². The molecule has 8 heteroatoms. The van der Waals surface area contributed by atoms with Crippen LogP contribution < -0.4 is 10.6 Å². The first-order chi connectivity index (χ1) is 9.99. The molecular formula is C13H14F3N5. The number of halogens is 3. The van der Waals surface area contributed by atoms with Crippen molar-refractivity contribution in [1.82, 2.24) is 15.0 Å². The average Bonchev–Trinajstić information content (AvgIpc) is 2.45. The Morgan fingerprint density at radius 3 is 2.62 bits per heavy atom. The fraction of sp³-hybridized carbons (Fsp3) is 0.308. The van der Waals surface area contributed by atoms with Crippen LogP contribution in [0.25, 0.3) is 0 Å². The molecule has 0 aliphatic carbocycles. The normalized spacial score (nSPS) is 11.2. The summed E-state index contributed by atoms with van der Waals surface area (Å²) >= 11 is 0. The molecule has 0 aromatic carbocycles. The summed E-state index contributed by atoms with van der Waals surface area (Å²) in [5.41, 5.74) is -0.142. The molecule has 5 nitrogen and oxygen atoms in total. The fourth-order valence-electron chi connectivity index (χ4n) is 1.62. The van der Waals surface area contributed by atoms with E-state index < -0.39 is 11.9 Å². The van der Waals surface area contributed by atoms with E-state index in [1.165, 1.54) is 0 Å². The van der Waals surface area contributed by atoms with Crippen molar-refractivity contribution in [2.24, 2.45) is 0 Å². The van der Waals surface area contributed by atoms with Crippen LogP contribution in [0.5, 0.6) is 0 Å². The van der Waals surface area contributed by atoms with Crippen molar-refractivity contribution >= 4 is 11.8 Å². The first-order valence-electron chi connectivity index (χ1n) is 6.32. The van der Waals surface area contributed by atoms with Crippen molar-refractivity contribution in [3.05, 3.63) is 41.9 Å². The third-order valence-electron chi connectivity index (χ3n) is 2.55. The third-order valence-corrected chi connectivity index (χ3v) is 2.55. The first-order valence-corrected chi connectivity index (χ1v) is 6.32. The van der Waals surface area contributed by atoms with Gasteiger partial charge in [0.15, 0.2) is 5.69 Å². The molecule has 0 fully saturated rings. The molecule has 0 bridgehead atoms. The number of pyridine rings is 1. The molecule has 2 aromatic rings. The number of alkyl halides is 3. The molecule has 2 heterocycles. The molecule has 0 aliphatic heterocycles. The Kier molecular flexibility index (Phi) is 4.56. The quantitative estimate of drug-likeness (QED) is 0.888. The summed E-state index contributed by atoms with van der Waals surface area (Å²) in [6.07, 6.45) is -1.26. The molecule has 0 amide bonds. The summed E-state index contributed by atoms with van der Waals surface area (Å²) < 4.78 is 38.4. The van der Waals surface area contributed by atoms with Gasteiger partial charge in [-0.3, -0.25) is 4.98 Å². The van der Waals surface area contributed by atoms with Crippen LogP contribution in [0.1, 0.15) is 18.2 Å². The molecule has 2 N–H and O–H groups in total. The van der Waals surface area contributed by atoms with E-state index in [9.17, 15) is 13.2 Å². The Bertz CT molecular complexity index is 586. The maximum Gasteiger partial charge on any atom is 0.433 e. The molecule has 0 spiro atoms. The molecule has 0 unspecified atom stereocenters. The van der Waals surface area contributed by atoms with Gasteiger partial charge in [-0.15, -0.1) is 0 Å². The van der Waals surface area contributed by atoms with Crippen molar-refractivity contribution in [3.63, 3.8) is 0 Å². The topological polar surface area (TPSA) is 62.7 Å². The Hall–Kier alpha value is -2.38. The summed E-state index contributed by atoms with van der Waals surface area (Å²) in [6, 6.07) is 4.45. The van der Waals surface area contributed by atoms with Gasteiger partial charge >= 0.3 is 6.18 Å². The van der Waals surface area contributed by atoms with Crippen LogP contribution in [0.15, 0.2) is 30.6 Å². The second-order valence-corrected chi connectivity index (χ2v) is 4.20. The zero-order valence-electron chi connectivity index (χ0n) is 11.3. The van der Waals surface area contributed by atoms with Crippen molar-refractivity contribution < 1.29 is 13.2 Å². The number of hydrogen-bond donors (Lipinski definition) is 2. The summed E-state index contributed by atoms with van der Waals surface area (Å²) in [5.74, 6) is 0.0538. The highest BCUT2D eigenvalue weighted by Gasteiger charge is 2.33. The van der Waals surface area contributed by atoms with E-state index in [1.54, 1.807) is 25.4 Å². The molecule has 0 aliphatic rings. The number of aromatic nitrogens is 3. The molecule has 0 saturated carbocycles. The van der Waals surface area contributed by atoms with E-state index in [2.05, 4.69) is 25.6 Å². The van der Waals surface area contributed by atoms with Crippen LogP contribution in [0, 0.1) is 0 Å². The minimum absolute atomic E-state index is 0.0546. The van der Waals surface area contributed by atoms with Gasteiger partial charge in [0.05, 0.1) is 0 Å². The highest BCUT2D eigenvalue weighted by Crippen LogP contribution is 2.29. The van der Waals surface area contributed by atoms with Gasteiger partial charge in [0.1, 0.15) is 5.82 Å². The smallest absolute Gasteiger partial charge is 0.366 e.